The summed E-state index contributed by atoms with van der Waals surface area (Å²) in [5, 5.41) is 12.7. The van der Waals surface area contributed by atoms with Crippen LogP contribution in [0, 0.1) is 6.92 Å². The molecule has 2 aromatic rings. The van der Waals surface area contributed by atoms with Crippen LogP contribution in [0.2, 0.25) is 0 Å². The highest BCUT2D eigenvalue weighted by atomic mass is 32.2. The predicted molar refractivity (Wildman–Crippen MR) is 66.1 cm³/mol. The lowest BCUT2D eigenvalue weighted by Crippen LogP contribution is -2.03. The second kappa shape index (κ2) is 5.13. The third-order valence-corrected chi connectivity index (χ3v) is 3.28. The van der Waals surface area contributed by atoms with Crippen LogP contribution in [0.5, 0.6) is 0 Å². The Bertz CT molecular complexity index is 509. The average molecular weight is 250 g/mol. The number of nitrogens with one attached hydrogen (secondary N) is 1. The third kappa shape index (κ3) is 2.73. The topological polar surface area (TPSA) is 68.5 Å². The van der Waals surface area contributed by atoms with Crippen LogP contribution >= 0.6 is 11.8 Å². The number of hydrogen-bond acceptors (Lipinski definition) is 6. The van der Waals surface area contributed by atoms with Gasteiger partial charge in [-0.05, 0) is 25.6 Å². The van der Waals surface area contributed by atoms with Gasteiger partial charge in [-0.2, -0.15) is 0 Å². The van der Waals surface area contributed by atoms with Crippen molar-refractivity contribution in [3.63, 3.8) is 0 Å². The summed E-state index contributed by atoms with van der Waals surface area (Å²) in [5.74, 6) is 0.641. The maximum absolute atomic E-state index is 4.44. The molecule has 0 amide bonds. The van der Waals surface area contributed by atoms with E-state index in [-0.39, 0.29) is 0 Å². The molecular weight excluding hydrogens is 236 g/mol. The Morgan fingerprint density at radius 3 is 2.94 bits per heavy atom. The average Bonchev–Trinajstić information content (AvgIpc) is 2.70. The second-order valence-corrected chi connectivity index (χ2v) is 4.49. The van der Waals surface area contributed by atoms with E-state index in [0.717, 1.165) is 22.3 Å². The van der Waals surface area contributed by atoms with Crippen molar-refractivity contribution in [1.29, 1.82) is 0 Å². The minimum atomic E-state index is 0.641. The Hall–Kier alpha value is -1.63. The molecule has 0 bridgehead atoms. The van der Waals surface area contributed by atoms with Crippen LogP contribution < -0.4 is 5.32 Å². The highest BCUT2D eigenvalue weighted by Gasteiger charge is 2.09. The smallest absolute Gasteiger partial charge is 0.223 e. The molecule has 0 aliphatic carbocycles. The van der Waals surface area contributed by atoms with E-state index in [1.54, 1.807) is 6.33 Å². The summed E-state index contributed by atoms with van der Waals surface area (Å²) in [7, 11) is 1.91. The fourth-order valence-electron chi connectivity index (χ4n) is 1.22. The quantitative estimate of drug-likeness (QED) is 0.829. The monoisotopic (exact) mass is 250 g/mol. The van der Waals surface area contributed by atoms with Crippen molar-refractivity contribution in [1.82, 2.24) is 24.7 Å². The molecule has 2 aromatic heterocycles. The van der Waals surface area contributed by atoms with Crippen LogP contribution in [-0.4, -0.2) is 31.3 Å². The molecule has 6 nitrogen and oxygen atoms in total. The van der Waals surface area contributed by atoms with Gasteiger partial charge >= 0.3 is 0 Å². The van der Waals surface area contributed by atoms with Crippen LogP contribution in [0.1, 0.15) is 12.5 Å². The summed E-state index contributed by atoms with van der Waals surface area (Å²) in [5.41, 5.74) is 1.03. The van der Waals surface area contributed by atoms with E-state index < -0.39 is 0 Å². The number of aromatic nitrogens is 5. The first-order chi connectivity index (χ1) is 8.20. The lowest BCUT2D eigenvalue weighted by atomic mass is 10.4. The normalized spacial score (nSPS) is 10.5. The largest absolute Gasteiger partial charge is 0.354 e. The minimum absolute atomic E-state index is 0.641. The number of rotatable bonds is 4. The summed E-state index contributed by atoms with van der Waals surface area (Å²) < 4.78 is 1.86. The standard InChI is InChI=1S/C10H14N6S/c1-4-11-9-12-5-7(2)8(14-9)17-10-15-13-6-16(10)3/h5-6H,4H2,1-3H3,(H,11,12,14). The van der Waals surface area contributed by atoms with Gasteiger partial charge in [0, 0.05) is 25.4 Å². The molecule has 2 heterocycles. The van der Waals surface area contributed by atoms with Crippen molar-refractivity contribution < 1.29 is 0 Å². The summed E-state index contributed by atoms with van der Waals surface area (Å²) in [6.07, 6.45) is 3.48. The molecule has 90 valence electrons. The fraction of sp³-hybridized carbons (Fsp3) is 0.400. The summed E-state index contributed by atoms with van der Waals surface area (Å²) >= 11 is 1.49. The molecule has 0 saturated heterocycles. The van der Waals surface area contributed by atoms with Crippen molar-refractivity contribution in [3.05, 3.63) is 18.1 Å². The van der Waals surface area contributed by atoms with Crippen LogP contribution in [0.25, 0.3) is 0 Å². The molecule has 0 atom stereocenters. The van der Waals surface area contributed by atoms with Crippen LogP contribution in [-0.2, 0) is 7.05 Å². The van der Waals surface area contributed by atoms with Gasteiger partial charge < -0.3 is 9.88 Å². The second-order valence-electron chi connectivity index (χ2n) is 3.54. The first-order valence-electron chi connectivity index (χ1n) is 5.30. The van der Waals surface area contributed by atoms with Gasteiger partial charge in [0.1, 0.15) is 11.4 Å². The Balaban J connectivity index is 2.25. The summed E-state index contributed by atoms with van der Waals surface area (Å²) in [6, 6.07) is 0. The molecule has 7 heteroatoms. The Labute approximate surface area is 104 Å². The molecule has 0 spiro atoms. The van der Waals surface area contributed by atoms with E-state index >= 15 is 0 Å². The maximum atomic E-state index is 4.44. The van der Waals surface area contributed by atoms with Crippen LogP contribution in [0.3, 0.4) is 0 Å². The highest BCUT2D eigenvalue weighted by molar-refractivity contribution is 7.99. The van der Waals surface area contributed by atoms with E-state index in [2.05, 4.69) is 25.5 Å². The molecular formula is C10H14N6S. The summed E-state index contributed by atoms with van der Waals surface area (Å²) in [4.78, 5) is 8.64. The van der Waals surface area contributed by atoms with E-state index in [9.17, 15) is 0 Å². The molecule has 2 rings (SSSR count). The zero-order valence-corrected chi connectivity index (χ0v) is 10.8. The van der Waals surface area contributed by atoms with E-state index in [4.69, 9.17) is 0 Å². The van der Waals surface area contributed by atoms with Gasteiger partial charge in [0.05, 0.1) is 0 Å². The van der Waals surface area contributed by atoms with Crippen molar-refractivity contribution in [3.8, 4) is 0 Å². The lowest BCUT2D eigenvalue weighted by molar-refractivity contribution is 0.786. The predicted octanol–water partition coefficient (Wildman–Crippen LogP) is 1.50. The third-order valence-electron chi connectivity index (χ3n) is 2.12. The van der Waals surface area contributed by atoms with Crippen molar-refractivity contribution >= 4 is 17.7 Å². The molecule has 0 aliphatic rings. The number of nitrogens with zero attached hydrogens (tertiary/aromatic N) is 5. The van der Waals surface area contributed by atoms with Gasteiger partial charge in [-0.25, -0.2) is 9.97 Å². The highest BCUT2D eigenvalue weighted by Crippen LogP contribution is 2.26. The molecule has 0 saturated carbocycles. The van der Waals surface area contributed by atoms with Crippen LogP contribution in [0.4, 0.5) is 5.95 Å². The molecule has 0 radical (unpaired) electrons. The van der Waals surface area contributed by atoms with Crippen molar-refractivity contribution in [2.45, 2.75) is 24.0 Å². The summed E-state index contributed by atoms with van der Waals surface area (Å²) in [6.45, 7) is 4.80. The van der Waals surface area contributed by atoms with Gasteiger partial charge in [-0.3, -0.25) is 0 Å². The van der Waals surface area contributed by atoms with Gasteiger partial charge in [0.2, 0.25) is 5.95 Å². The Morgan fingerprint density at radius 1 is 1.47 bits per heavy atom. The van der Waals surface area contributed by atoms with Gasteiger partial charge in [-0.15, -0.1) is 10.2 Å². The molecule has 0 aromatic carbocycles. The zero-order chi connectivity index (χ0) is 12.3. The Kier molecular flexibility index (Phi) is 3.58. The van der Waals surface area contributed by atoms with Crippen molar-refractivity contribution in [2.75, 3.05) is 11.9 Å². The maximum Gasteiger partial charge on any atom is 0.223 e. The number of anilines is 1. The molecule has 17 heavy (non-hydrogen) atoms. The van der Waals surface area contributed by atoms with Crippen LogP contribution in [0.15, 0.2) is 22.7 Å². The molecule has 0 aliphatic heterocycles. The number of hydrogen-bond donors (Lipinski definition) is 1. The SMILES string of the molecule is CCNc1ncc(C)c(Sc2nncn2C)n1. The number of aryl methyl sites for hydroxylation is 2. The van der Waals surface area contributed by atoms with Gasteiger partial charge in [0.25, 0.3) is 0 Å². The van der Waals surface area contributed by atoms with Gasteiger partial charge in [0.15, 0.2) is 5.16 Å². The first-order valence-corrected chi connectivity index (χ1v) is 6.11. The molecule has 0 fully saturated rings. The van der Waals surface area contributed by atoms with E-state index in [0.29, 0.717) is 5.95 Å². The first kappa shape index (κ1) is 11.8. The Morgan fingerprint density at radius 2 is 2.29 bits per heavy atom. The van der Waals surface area contributed by atoms with E-state index in [1.165, 1.54) is 11.8 Å². The molecule has 1 N–H and O–H groups in total. The molecule has 0 unspecified atom stereocenters. The van der Waals surface area contributed by atoms with E-state index in [1.807, 2.05) is 31.7 Å². The lowest BCUT2D eigenvalue weighted by Gasteiger charge is -2.06. The van der Waals surface area contributed by atoms with Gasteiger partial charge in [-0.1, -0.05) is 0 Å². The van der Waals surface area contributed by atoms with Crippen molar-refractivity contribution in [2.24, 2.45) is 7.05 Å². The minimum Gasteiger partial charge on any atom is -0.354 e. The fourth-order valence-corrected chi connectivity index (χ4v) is 2.02. The zero-order valence-electron chi connectivity index (χ0n) is 10.0.